The number of aromatic nitrogens is 2. The third kappa shape index (κ3) is 3.20. The van der Waals surface area contributed by atoms with E-state index in [1.54, 1.807) is 11.8 Å². The average Bonchev–Trinajstić information content (AvgIpc) is 3.00. The molecule has 8 heteroatoms. The molecule has 0 radical (unpaired) electrons. The molecule has 126 valence electrons. The van der Waals surface area contributed by atoms with Crippen molar-refractivity contribution in [1.29, 1.82) is 5.26 Å². The summed E-state index contributed by atoms with van der Waals surface area (Å²) in [6.07, 6.45) is -2.99. The van der Waals surface area contributed by atoms with Crippen molar-refractivity contribution in [2.24, 2.45) is 0 Å². The Hall–Kier alpha value is -2.56. The molecular formula is C16H15F3N4O. The van der Waals surface area contributed by atoms with Crippen LogP contribution in [-0.2, 0) is 6.18 Å². The van der Waals surface area contributed by atoms with Crippen LogP contribution in [0.4, 0.5) is 18.9 Å². The predicted octanol–water partition coefficient (Wildman–Crippen LogP) is 3.65. The minimum Gasteiger partial charge on any atom is -0.370 e. The van der Waals surface area contributed by atoms with Crippen molar-refractivity contribution < 1.29 is 17.7 Å². The molecule has 1 aliphatic rings. The minimum atomic E-state index is -4.47. The summed E-state index contributed by atoms with van der Waals surface area (Å²) in [5, 5.41) is 12.7. The largest absolute Gasteiger partial charge is 0.418 e. The molecule has 0 spiro atoms. The molecule has 0 saturated carbocycles. The van der Waals surface area contributed by atoms with Crippen molar-refractivity contribution in [3.63, 3.8) is 0 Å². The highest BCUT2D eigenvalue weighted by Gasteiger charge is 2.36. The van der Waals surface area contributed by atoms with E-state index in [1.165, 1.54) is 12.1 Å². The van der Waals surface area contributed by atoms with Gasteiger partial charge in [-0.25, -0.2) is 0 Å². The van der Waals surface area contributed by atoms with Gasteiger partial charge in [-0.3, -0.25) is 0 Å². The summed E-state index contributed by atoms with van der Waals surface area (Å²) in [7, 11) is 0. The van der Waals surface area contributed by atoms with Crippen LogP contribution in [0.5, 0.6) is 0 Å². The molecule has 1 fully saturated rings. The number of alkyl halides is 3. The van der Waals surface area contributed by atoms with E-state index in [0.717, 1.165) is 12.5 Å². The molecule has 0 amide bonds. The Balaban J connectivity index is 1.94. The van der Waals surface area contributed by atoms with Gasteiger partial charge < -0.3 is 9.42 Å². The van der Waals surface area contributed by atoms with Crippen molar-refractivity contribution in [3.05, 3.63) is 41.0 Å². The predicted molar refractivity (Wildman–Crippen MR) is 79.4 cm³/mol. The number of hydrogen-bond donors (Lipinski definition) is 0. The molecule has 1 saturated heterocycles. The fraction of sp³-hybridized carbons (Fsp3) is 0.438. The van der Waals surface area contributed by atoms with E-state index in [-0.39, 0.29) is 17.2 Å². The van der Waals surface area contributed by atoms with E-state index in [2.05, 4.69) is 10.1 Å². The third-order valence-corrected chi connectivity index (χ3v) is 4.09. The lowest BCUT2D eigenvalue weighted by Crippen LogP contribution is -2.35. The van der Waals surface area contributed by atoms with Crippen molar-refractivity contribution >= 4 is 5.69 Å². The van der Waals surface area contributed by atoms with Gasteiger partial charge in [-0.1, -0.05) is 5.16 Å². The first-order valence-electron chi connectivity index (χ1n) is 7.55. The normalized spacial score (nSPS) is 18.5. The van der Waals surface area contributed by atoms with Crippen LogP contribution < -0.4 is 4.90 Å². The molecular weight excluding hydrogens is 321 g/mol. The van der Waals surface area contributed by atoms with Crippen LogP contribution in [0.3, 0.4) is 0 Å². The van der Waals surface area contributed by atoms with E-state index in [1.807, 2.05) is 6.07 Å². The average molecular weight is 336 g/mol. The number of hydrogen-bond acceptors (Lipinski definition) is 5. The van der Waals surface area contributed by atoms with E-state index < -0.39 is 11.7 Å². The van der Waals surface area contributed by atoms with E-state index in [4.69, 9.17) is 9.78 Å². The Bertz CT molecular complexity index is 778. The molecule has 1 atom stereocenters. The first-order chi connectivity index (χ1) is 11.4. The lowest BCUT2D eigenvalue weighted by Gasteiger charge is -2.34. The maximum atomic E-state index is 13.3. The van der Waals surface area contributed by atoms with E-state index in [9.17, 15) is 13.2 Å². The quantitative estimate of drug-likeness (QED) is 0.837. The monoisotopic (exact) mass is 336 g/mol. The summed E-state index contributed by atoms with van der Waals surface area (Å²) in [4.78, 5) is 5.84. The van der Waals surface area contributed by atoms with Crippen molar-refractivity contribution in [1.82, 2.24) is 10.1 Å². The van der Waals surface area contributed by atoms with Gasteiger partial charge >= 0.3 is 6.18 Å². The molecule has 2 aromatic rings. The van der Waals surface area contributed by atoms with E-state index >= 15 is 0 Å². The highest BCUT2D eigenvalue weighted by atomic mass is 19.4. The molecule has 1 aliphatic heterocycles. The second-order valence-corrected chi connectivity index (χ2v) is 5.81. The van der Waals surface area contributed by atoms with E-state index in [0.29, 0.717) is 31.2 Å². The Morgan fingerprint density at radius 2 is 2.17 bits per heavy atom. The Morgan fingerprint density at radius 3 is 2.79 bits per heavy atom. The van der Waals surface area contributed by atoms with Gasteiger partial charge in [-0.2, -0.15) is 23.4 Å². The van der Waals surface area contributed by atoms with Crippen LogP contribution in [0.2, 0.25) is 0 Å². The zero-order chi connectivity index (χ0) is 17.3. The number of aryl methyl sites for hydroxylation is 1. The summed E-state index contributed by atoms with van der Waals surface area (Å²) < 4.78 is 45.1. The second-order valence-electron chi connectivity index (χ2n) is 5.81. The van der Waals surface area contributed by atoms with Crippen LogP contribution in [0.25, 0.3) is 0 Å². The molecule has 0 bridgehead atoms. The SMILES string of the molecule is Cc1noc([C@H]2CCCN(c3cc(C#N)ccc3C(F)(F)F)C2)n1. The summed E-state index contributed by atoms with van der Waals surface area (Å²) in [5.41, 5.74) is -0.500. The Labute approximate surface area is 136 Å². The number of nitrogens with zero attached hydrogens (tertiary/aromatic N) is 4. The lowest BCUT2D eigenvalue weighted by atomic mass is 9.96. The molecule has 2 heterocycles. The zero-order valence-corrected chi connectivity index (χ0v) is 13.0. The van der Waals surface area contributed by atoms with Crippen molar-refractivity contribution in [2.45, 2.75) is 31.9 Å². The first-order valence-corrected chi connectivity index (χ1v) is 7.55. The van der Waals surface area contributed by atoms with Crippen LogP contribution in [0, 0.1) is 18.3 Å². The highest BCUT2D eigenvalue weighted by Crippen LogP contribution is 2.39. The van der Waals surface area contributed by atoms with Crippen LogP contribution in [0.1, 0.15) is 41.6 Å². The zero-order valence-electron chi connectivity index (χ0n) is 13.0. The molecule has 1 aromatic carbocycles. The van der Waals surface area contributed by atoms with Gasteiger partial charge in [0, 0.05) is 13.1 Å². The standard InChI is InChI=1S/C16H15F3N4O/c1-10-21-15(24-22-10)12-3-2-6-23(9-12)14-7-11(8-20)4-5-13(14)16(17,18)19/h4-5,7,12H,2-3,6,9H2,1H3/t12-/m0/s1. The maximum Gasteiger partial charge on any atom is 0.418 e. The number of benzene rings is 1. The maximum absolute atomic E-state index is 13.3. The molecule has 1 aromatic heterocycles. The van der Waals surface area contributed by atoms with Gasteiger partial charge in [0.1, 0.15) is 0 Å². The van der Waals surface area contributed by atoms with Crippen molar-refractivity contribution in [2.75, 3.05) is 18.0 Å². The molecule has 5 nitrogen and oxygen atoms in total. The fourth-order valence-electron chi connectivity index (χ4n) is 2.98. The summed E-state index contributed by atoms with van der Waals surface area (Å²) in [6, 6.07) is 5.35. The lowest BCUT2D eigenvalue weighted by molar-refractivity contribution is -0.137. The van der Waals surface area contributed by atoms with Gasteiger partial charge in [-0.15, -0.1) is 0 Å². The number of rotatable bonds is 2. The second kappa shape index (κ2) is 6.15. The topological polar surface area (TPSA) is 66.0 Å². The van der Waals surface area contributed by atoms with Gasteiger partial charge in [0.15, 0.2) is 5.82 Å². The highest BCUT2D eigenvalue weighted by molar-refractivity contribution is 5.59. The van der Waals surface area contributed by atoms with Gasteiger partial charge in [0.25, 0.3) is 0 Å². The number of halogens is 3. The molecule has 0 unspecified atom stereocenters. The summed E-state index contributed by atoms with van der Waals surface area (Å²) in [5.74, 6) is 0.832. The van der Waals surface area contributed by atoms with Gasteiger partial charge in [0.2, 0.25) is 5.89 Å². The number of piperidine rings is 1. The summed E-state index contributed by atoms with van der Waals surface area (Å²) >= 11 is 0. The smallest absolute Gasteiger partial charge is 0.370 e. The first kappa shape index (κ1) is 16.3. The van der Waals surface area contributed by atoms with Crippen LogP contribution >= 0.6 is 0 Å². The Morgan fingerprint density at radius 1 is 1.38 bits per heavy atom. The van der Waals surface area contributed by atoms with Gasteiger partial charge in [-0.05, 0) is 38.0 Å². The van der Waals surface area contributed by atoms with Gasteiger partial charge in [0.05, 0.1) is 28.8 Å². The molecule has 3 rings (SSSR count). The number of nitriles is 1. The third-order valence-electron chi connectivity index (χ3n) is 4.09. The van der Waals surface area contributed by atoms with Crippen LogP contribution in [-0.4, -0.2) is 23.2 Å². The number of anilines is 1. The Kier molecular flexibility index (Phi) is 4.18. The molecule has 0 aliphatic carbocycles. The molecule has 0 N–H and O–H groups in total. The van der Waals surface area contributed by atoms with Crippen molar-refractivity contribution in [3.8, 4) is 6.07 Å². The van der Waals surface area contributed by atoms with Crippen LogP contribution in [0.15, 0.2) is 22.7 Å². The summed E-state index contributed by atoms with van der Waals surface area (Å²) in [6.45, 7) is 2.53. The minimum absolute atomic E-state index is 0.0301. The fourth-order valence-corrected chi connectivity index (χ4v) is 2.98. The molecule has 24 heavy (non-hydrogen) atoms.